The molecule has 0 saturated carbocycles. The van der Waals surface area contributed by atoms with Crippen molar-refractivity contribution < 1.29 is 26.0 Å². The van der Waals surface area contributed by atoms with E-state index >= 15 is 0 Å². The van der Waals surface area contributed by atoms with Gasteiger partial charge in [-0.1, -0.05) is 10.7 Å². The minimum Gasteiger partial charge on any atom is -1.00 e. The number of hydrogen-bond donors (Lipinski definition) is 1. The third kappa shape index (κ3) is 2.99. The van der Waals surface area contributed by atoms with Gasteiger partial charge in [-0.2, -0.15) is 0 Å². The zero-order valence-electron chi connectivity index (χ0n) is 7.77. The molecule has 1 N–H and O–H groups in total. The van der Waals surface area contributed by atoms with Crippen LogP contribution in [0.15, 0.2) is 48.9 Å². The molecular formula is C10H9BrFN3. The summed E-state index contributed by atoms with van der Waals surface area (Å²) in [5, 5.41) is 0. The van der Waals surface area contributed by atoms with Crippen LogP contribution in [0.4, 0.5) is 10.2 Å². The second-order valence-electron chi connectivity index (χ2n) is 2.73. The predicted octanol–water partition coefficient (Wildman–Crippen LogP) is -1.61. The van der Waals surface area contributed by atoms with Gasteiger partial charge in [0.15, 0.2) is 18.2 Å². The lowest BCUT2D eigenvalue weighted by Gasteiger charge is -1.99. The van der Waals surface area contributed by atoms with Crippen molar-refractivity contribution in [2.24, 2.45) is 0 Å². The SMILES string of the molecule is Fc1cccnc1N[n+]1ccccc1.[Br-]. The first-order valence-corrected chi connectivity index (χ1v) is 4.20. The summed E-state index contributed by atoms with van der Waals surface area (Å²) in [5.41, 5.74) is 2.80. The highest BCUT2D eigenvalue weighted by Gasteiger charge is 2.05. The molecule has 0 aliphatic carbocycles. The highest BCUT2D eigenvalue weighted by molar-refractivity contribution is 5.32. The Morgan fingerprint density at radius 2 is 1.87 bits per heavy atom. The van der Waals surface area contributed by atoms with Crippen molar-refractivity contribution in [3.05, 3.63) is 54.7 Å². The average molecular weight is 270 g/mol. The summed E-state index contributed by atoms with van der Waals surface area (Å²) in [6.07, 6.45) is 5.08. The molecule has 0 aliphatic heterocycles. The maximum absolute atomic E-state index is 13.1. The van der Waals surface area contributed by atoms with Crippen LogP contribution < -0.4 is 27.1 Å². The topological polar surface area (TPSA) is 28.8 Å². The molecular weight excluding hydrogens is 261 g/mol. The molecule has 0 unspecified atom stereocenters. The first-order valence-electron chi connectivity index (χ1n) is 4.20. The highest BCUT2D eigenvalue weighted by atomic mass is 79.9. The number of aromatic nitrogens is 2. The highest BCUT2D eigenvalue weighted by Crippen LogP contribution is 2.05. The molecule has 0 radical (unpaired) electrons. The third-order valence-electron chi connectivity index (χ3n) is 1.71. The van der Waals surface area contributed by atoms with Gasteiger partial charge in [0.2, 0.25) is 5.82 Å². The first-order chi connectivity index (χ1) is 6.86. The third-order valence-corrected chi connectivity index (χ3v) is 1.71. The van der Waals surface area contributed by atoms with E-state index in [9.17, 15) is 4.39 Å². The number of pyridine rings is 2. The Bertz CT molecular complexity index is 422. The smallest absolute Gasteiger partial charge is 0.221 e. The van der Waals surface area contributed by atoms with Gasteiger partial charge < -0.3 is 17.0 Å². The van der Waals surface area contributed by atoms with Gasteiger partial charge in [0, 0.05) is 18.3 Å². The quantitative estimate of drug-likeness (QED) is 0.665. The van der Waals surface area contributed by atoms with Crippen LogP contribution in [0.3, 0.4) is 0 Å². The van der Waals surface area contributed by atoms with Gasteiger partial charge in [-0.15, -0.1) is 5.43 Å². The maximum atomic E-state index is 13.1. The molecule has 0 amide bonds. The van der Waals surface area contributed by atoms with Crippen LogP contribution in [0.5, 0.6) is 0 Å². The molecule has 78 valence electrons. The van der Waals surface area contributed by atoms with Crippen LogP contribution >= 0.6 is 0 Å². The molecule has 5 heteroatoms. The van der Waals surface area contributed by atoms with E-state index in [1.54, 1.807) is 23.1 Å². The Hall–Kier alpha value is -1.49. The van der Waals surface area contributed by atoms with Gasteiger partial charge in [-0.3, -0.25) is 0 Å². The molecule has 2 heterocycles. The summed E-state index contributed by atoms with van der Waals surface area (Å²) in [6, 6.07) is 8.48. The van der Waals surface area contributed by atoms with Crippen LogP contribution in [0, 0.1) is 5.82 Å². The van der Waals surface area contributed by atoms with E-state index in [4.69, 9.17) is 0 Å². The largest absolute Gasteiger partial charge is 1.00 e. The van der Waals surface area contributed by atoms with Crippen LogP contribution in [-0.2, 0) is 0 Å². The minimum atomic E-state index is -0.371. The van der Waals surface area contributed by atoms with Gasteiger partial charge in [-0.05, 0) is 12.1 Å². The monoisotopic (exact) mass is 269 g/mol. The Morgan fingerprint density at radius 3 is 2.53 bits per heavy atom. The Balaban J connectivity index is 0.00000112. The van der Waals surface area contributed by atoms with E-state index in [0.29, 0.717) is 0 Å². The van der Waals surface area contributed by atoms with Crippen molar-refractivity contribution in [2.75, 3.05) is 5.43 Å². The van der Waals surface area contributed by atoms with Crippen molar-refractivity contribution >= 4 is 5.82 Å². The van der Waals surface area contributed by atoms with Crippen LogP contribution in [-0.4, -0.2) is 4.98 Å². The zero-order valence-corrected chi connectivity index (χ0v) is 9.36. The number of anilines is 1. The molecule has 3 nitrogen and oxygen atoms in total. The van der Waals surface area contributed by atoms with Crippen molar-refractivity contribution in [3.8, 4) is 0 Å². The molecule has 0 spiro atoms. The number of nitrogens with zero attached hydrogens (tertiary/aromatic N) is 2. The average Bonchev–Trinajstić information content (AvgIpc) is 2.23. The second kappa shape index (κ2) is 5.41. The molecule has 15 heavy (non-hydrogen) atoms. The first kappa shape index (κ1) is 11.6. The van der Waals surface area contributed by atoms with Gasteiger partial charge in [0.05, 0.1) is 0 Å². The maximum Gasteiger partial charge on any atom is 0.221 e. The van der Waals surface area contributed by atoms with Gasteiger partial charge in [-0.25, -0.2) is 9.37 Å². The summed E-state index contributed by atoms with van der Waals surface area (Å²) in [6.45, 7) is 0. The molecule has 2 aromatic heterocycles. The molecule has 0 bridgehead atoms. The van der Waals surface area contributed by atoms with E-state index in [2.05, 4.69) is 10.4 Å². The summed E-state index contributed by atoms with van der Waals surface area (Å²) in [7, 11) is 0. The lowest BCUT2D eigenvalue weighted by Crippen LogP contribution is -3.00. The number of nitrogens with one attached hydrogen (secondary N) is 1. The molecule has 0 saturated heterocycles. The summed E-state index contributed by atoms with van der Waals surface area (Å²) in [4.78, 5) is 3.87. The Morgan fingerprint density at radius 1 is 1.13 bits per heavy atom. The number of rotatable bonds is 2. The predicted molar refractivity (Wildman–Crippen MR) is 49.9 cm³/mol. The Labute approximate surface area is 97.3 Å². The molecule has 2 rings (SSSR count). The van der Waals surface area contributed by atoms with E-state index in [0.717, 1.165) is 0 Å². The van der Waals surface area contributed by atoms with Gasteiger partial charge in [0.1, 0.15) is 0 Å². The molecule has 0 fully saturated rings. The van der Waals surface area contributed by atoms with Crippen molar-refractivity contribution in [1.29, 1.82) is 0 Å². The second-order valence-corrected chi connectivity index (χ2v) is 2.73. The number of hydrogen-bond acceptors (Lipinski definition) is 2. The van der Waals surface area contributed by atoms with E-state index < -0.39 is 0 Å². The minimum absolute atomic E-state index is 0. The molecule has 0 aromatic carbocycles. The molecule has 0 atom stereocenters. The lowest BCUT2D eigenvalue weighted by molar-refractivity contribution is -0.643. The van der Waals surface area contributed by atoms with Crippen LogP contribution in [0.1, 0.15) is 0 Å². The van der Waals surface area contributed by atoms with Gasteiger partial charge >= 0.3 is 0 Å². The van der Waals surface area contributed by atoms with Crippen molar-refractivity contribution in [3.63, 3.8) is 0 Å². The fourth-order valence-electron chi connectivity index (χ4n) is 1.06. The normalized spacial score (nSPS) is 9.13. The fourth-order valence-corrected chi connectivity index (χ4v) is 1.06. The van der Waals surface area contributed by atoms with E-state index in [1.165, 1.54) is 12.3 Å². The van der Waals surface area contributed by atoms with Gasteiger partial charge in [0.25, 0.3) is 0 Å². The van der Waals surface area contributed by atoms with E-state index in [-0.39, 0.29) is 28.6 Å². The molecule has 2 aromatic rings. The van der Waals surface area contributed by atoms with Crippen LogP contribution in [0.25, 0.3) is 0 Å². The standard InChI is InChI=1S/C10H9FN3.BrH/c11-9-5-4-6-12-10(9)13-14-7-2-1-3-8-14;/h1-8H,(H,12,13);1H/q+1;/p-1. The lowest BCUT2D eigenvalue weighted by atomic mass is 10.4. The summed E-state index contributed by atoms with van der Waals surface area (Å²) >= 11 is 0. The zero-order chi connectivity index (χ0) is 9.80. The van der Waals surface area contributed by atoms with Crippen molar-refractivity contribution in [1.82, 2.24) is 4.98 Å². The van der Waals surface area contributed by atoms with Crippen molar-refractivity contribution in [2.45, 2.75) is 0 Å². The van der Waals surface area contributed by atoms with E-state index in [1.807, 2.05) is 18.2 Å². The Kier molecular flexibility index (Phi) is 4.17. The fraction of sp³-hybridized carbons (Fsp3) is 0. The summed E-state index contributed by atoms with van der Waals surface area (Å²) in [5.74, 6) is -0.160. The van der Waals surface area contributed by atoms with Crippen LogP contribution in [0.2, 0.25) is 0 Å². The molecule has 0 aliphatic rings. The summed E-state index contributed by atoms with van der Waals surface area (Å²) < 4.78 is 14.8. The number of halogens is 2.